The molecule has 0 aliphatic carbocycles. The first-order chi connectivity index (χ1) is 8.50. The van der Waals surface area contributed by atoms with Crippen LogP contribution in [0.5, 0.6) is 5.75 Å². The van der Waals surface area contributed by atoms with Crippen LogP contribution in [0.15, 0.2) is 24.3 Å². The number of rotatable bonds is 6. The number of ether oxygens (including phenoxy) is 1. The average molecular weight is 253 g/mol. The van der Waals surface area contributed by atoms with Gasteiger partial charge in [-0.25, -0.2) is 0 Å². The molecule has 0 heterocycles. The molecule has 0 aromatic heterocycles. The van der Waals surface area contributed by atoms with E-state index in [4.69, 9.17) is 21.3 Å². The monoisotopic (exact) mass is 253 g/mol. The molecule has 0 radical (unpaired) electrons. The fraction of sp³-hybridized carbons (Fsp3) is 0.273. The number of carbonyl (C=O) groups is 2. The molecule has 1 atom stereocenters. The Hall–Kier alpha value is -2.28. The van der Waals surface area contributed by atoms with Crippen molar-refractivity contribution >= 4 is 17.5 Å². The van der Waals surface area contributed by atoms with E-state index in [9.17, 15) is 9.59 Å². The highest BCUT2D eigenvalue weighted by molar-refractivity contribution is 5.81. The number of nitrogens with one attached hydrogen (secondary N) is 1. The second kappa shape index (κ2) is 6.45. The topological polar surface area (TPSA) is 128 Å². The van der Waals surface area contributed by atoms with Crippen molar-refractivity contribution in [3.8, 4) is 5.75 Å². The fourth-order valence-corrected chi connectivity index (χ4v) is 1.12. The minimum atomic E-state index is -1.41. The standard InChI is InChI=1S/C11H15N3O4/c12-7-3-1-2-4-9(7)18-6-10(16)14-5-8(15)11(13)17/h1-4,8,15H,5-6,12H2,(H2,13,17)(H,14,16). The Morgan fingerprint density at radius 2 is 2.06 bits per heavy atom. The first-order valence-electron chi connectivity index (χ1n) is 5.22. The van der Waals surface area contributed by atoms with Gasteiger partial charge >= 0.3 is 0 Å². The van der Waals surface area contributed by atoms with Crippen LogP contribution in [-0.4, -0.2) is 36.2 Å². The van der Waals surface area contributed by atoms with Gasteiger partial charge in [-0.3, -0.25) is 9.59 Å². The lowest BCUT2D eigenvalue weighted by Gasteiger charge is -2.10. The van der Waals surface area contributed by atoms with Crippen LogP contribution in [0.3, 0.4) is 0 Å². The van der Waals surface area contributed by atoms with Crippen molar-refractivity contribution in [2.45, 2.75) is 6.10 Å². The van der Waals surface area contributed by atoms with E-state index in [1.54, 1.807) is 24.3 Å². The first kappa shape index (κ1) is 13.8. The van der Waals surface area contributed by atoms with Gasteiger partial charge in [-0.2, -0.15) is 0 Å². The second-order valence-corrected chi connectivity index (χ2v) is 3.55. The number of amides is 2. The van der Waals surface area contributed by atoms with E-state index in [0.717, 1.165) is 0 Å². The molecule has 0 aliphatic rings. The second-order valence-electron chi connectivity index (χ2n) is 3.55. The summed E-state index contributed by atoms with van der Waals surface area (Å²) in [5.74, 6) is -0.995. The first-order valence-corrected chi connectivity index (χ1v) is 5.22. The number of aliphatic hydroxyl groups excluding tert-OH is 1. The number of nitrogen functional groups attached to an aromatic ring is 1. The molecular weight excluding hydrogens is 238 g/mol. The zero-order chi connectivity index (χ0) is 13.5. The van der Waals surface area contributed by atoms with Gasteiger partial charge in [0.25, 0.3) is 5.91 Å². The van der Waals surface area contributed by atoms with Crippen molar-refractivity contribution in [1.82, 2.24) is 5.32 Å². The highest BCUT2D eigenvalue weighted by Crippen LogP contribution is 2.19. The Balaban J connectivity index is 2.34. The summed E-state index contributed by atoms with van der Waals surface area (Å²) in [5.41, 5.74) is 10.8. The van der Waals surface area contributed by atoms with E-state index in [1.165, 1.54) is 0 Å². The third-order valence-electron chi connectivity index (χ3n) is 2.10. The van der Waals surface area contributed by atoms with Crippen molar-refractivity contribution in [1.29, 1.82) is 0 Å². The predicted octanol–water partition coefficient (Wildman–Crippen LogP) is -1.39. The predicted molar refractivity (Wildman–Crippen MR) is 64.6 cm³/mol. The number of aliphatic hydroxyl groups is 1. The lowest BCUT2D eigenvalue weighted by molar-refractivity contribution is -0.127. The Bertz CT molecular complexity index is 436. The normalized spacial score (nSPS) is 11.6. The number of carbonyl (C=O) groups excluding carboxylic acids is 2. The summed E-state index contributed by atoms with van der Waals surface area (Å²) in [7, 11) is 0. The average Bonchev–Trinajstić information content (AvgIpc) is 2.34. The van der Waals surface area contributed by atoms with Crippen molar-refractivity contribution in [3.63, 3.8) is 0 Å². The molecule has 0 fully saturated rings. The van der Waals surface area contributed by atoms with E-state index in [1.807, 2.05) is 0 Å². The van der Waals surface area contributed by atoms with Gasteiger partial charge in [-0.15, -0.1) is 0 Å². The van der Waals surface area contributed by atoms with Crippen molar-refractivity contribution in [2.24, 2.45) is 5.73 Å². The minimum absolute atomic E-state index is 0.248. The summed E-state index contributed by atoms with van der Waals surface area (Å²) in [6, 6.07) is 6.73. The van der Waals surface area contributed by atoms with Gasteiger partial charge in [0, 0.05) is 0 Å². The molecule has 1 unspecified atom stereocenters. The maximum absolute atomic E-state index is 11.3. The number of hydrogen-bond donors (Lipinski definition) is 4. The van der Waals surface area contributed by atoms with E-state index in [0.29, 0.717) is 11.4 Å². The molecule has 7 heteroatoms. The Morgan fingerprint density at radius 1 is 1.39 bits per heavy atom. The van der Waals surface area contributed by atoms with Crippen LogP contribution in [0.1, 0.15) is 0 Å². The largest absolute Gasteiger partial charge is 0.482 e. The van der Waals surface area contributed by atoms with Gasteiger partial charge in [0.1, 0.15) is 11.9 Å². The molecule has 1 aromatic carbocycles. The number of anilines is 1. The highest BCUT2D eigenvalue weighted by atomic mass is 16.5. The molecule has 1 rings (SSSR count). The summed E-state index contributed by atoms with van der Waals surface area (Å²) in [6.45, 7) is -0.512. The van der Waals surface area contributed by atoms with Gasteiger partial charge < -0.3 is 26.6 Å². The van der Waals surface area contributed by atoms with Crippen molar-refractivity contribution < 1.29 is 19.4 Å². The van der Waals surface area contributed by atoms with E-state index >= 15 is 0 Å². The van der Waals surface area contributed by atoms with Gasteiger partial charge in [0.05, 0.1) is 12.2 Å². The van der Waals surface area contributed by atoms with E-state index in [2.05, 4.69) is 5.32 Å². The number of primary amides is 1. The number of benzene rings is 1. The van der Waals surface area contributed by atoms with Crippen LogP contribution >= 0.6 is 0 Å². The van der Waals surface area contributed by atoms with Crippen LogP contribution < -0.4 is 21.5 Å². The Morgan fingerprint density at radius 3 is 2.67 bits per heavy atom. The number of nitrogens with two attached hydrogens (primary N) is 2. The molecule has 18 heavy (non-hydrogen) atoms. The Labute approximate surface area is 104 Å². The SMILES string of the molecule is NC(=O)C(O)CNC(=O)COc1ccccc1N. The summed E-state index contributed by atoms with van der Waals surface area (Å²) >= 11 is 0. The van der Waals surface area contributed by atoms with Crippen LogP contribution in [0, 0.1) is 0 Å². The highest BCUT2D eigenvalue weighted by Gasteiger charge is 2.12. The van der Waals surface area contributed by atoms with E-state index < -0.39 is 17.9 Å². The van der Waals surface area contributed by atoms with Crippen LogP contribution in [0.4, 0.5) is 5.69 Å². The van der Waals surface area contributed by atoms with Gasteiger partial charge in [-0.1, -0.05) is 12.1 Å². The maximum atomic E-state index is 11.3. The summed E-state index contributed by atoms with van der Waals surface area (Å²) in [4.78, 5) is 21.8. The Kier molecular flexibility index (Phi) is 4.94. The fourth-order valence-electron chi connectivity index (χ4n) is 1.12. The molecule has 0 aliphatic heterocycles. The quantitative estimate of drug-likeness (QED) is 0.464. The third-order valence-corrected chi connectivity index (χ3v) is 2.10. The number of hydrogen-bond acceptors (Lipinski definition) is 5. The third kappa shape index (κ3) is 4.30. The minimum Gasteiger partial charge on any atom is -0.482 e. The lowest BCUT2D eigenvalue weighted by Crippen LogP contribution is -2.41. The summed E-state index contributed by atoms with van der Waals surface area (Å²) in [6.07, 6.45) is -1.41. The smallest absolute Gasteiger partial charge is 0.258 e. The molecule has 0 saturated heterocycles. The molecule has 0 saturated carbocycles. The molecule has 1 aromatic rings. The van der Waals surface area contributed by atoms with Gasteiger partial charge in [0.2, 0.25) is 5.91 Å². The van der Waals surface area contributed by atoms with E-state index in [-0.39, 0.29) is 13.2 Å². The van der Waals surface area contributed by atoms with Crippen molar-refractivity contribution in [3.05, 3.63) is 24.3 Å². The zero-order valence-electron chi connectivity index (χ0n) is 9.63. The van der Waals surface area contributed by atoms with Crippen LogP contribution in [-0.2, 0) is 9.59 Å². The van der Waals surface area contributed by atoms with Crippen molar-refractivity contribution in [2.75, 3.05) is 18.9 Å². The van der Waals surface area contributed by atoms with Gasteiger partial charge in [-0.05, 0) is 12.1 Å². The van der Waals surface area contributed by atoms with Crippen LogP contribution in [0.25, 0.3) is 0 Å². The maximum Gasteiger partial charge on any atom is 0.258 e. The molecule has 0 spiro atoms. The molecule has 2 amide bonds. The van der Waals surface area contributed by atoms with Gasteiger partial charge in [0.15, 0.2) is 6.61 Å². The van der Waals surface area contributed by atoms with Crippen LogP contribution in [0.2, 0.25) is 0 Å². The summed E-state index contributed by atoms with van der Waals surface area (Å²) in [5, 5.41) is 11.4. The molecule has 98 valence electrons. The lowest BCUT2D eigenvalue weighted by atomic mass is 10.3. The summed E-state index contributed by atoms with van der Waals surface area (Å²) < 4.78 is 5.16. The molecular formula is C11H15N3O4. The molecule has 0 bridgehead atoms. The molecule has 7 nitrogen and oxygen atoms in total. The zero-order valence-corrected chi connectivity index (χ0v) is 9.63. The number of para-hydroxylation sites is 2. The molecule has 6 N–H and O–H groups in total.